The third-order valence-electron chi connectivity index (χ3n) is 4.32. The first-order valence-electron chi connectivity index (χ1n) is 9.04. The molecule has 1 unspecified atom stereocenters. The number of likely N-dealkylation sites (N-methyl/N-ethyl adjacent to an activating group) is 1. The number of benzene rings is 1. The van der Waals surface area contributed by atoms with E-state index in [0.29, 0.717) is 5.92 Å². The van der Waals surface area contributed by atoms with Crippen LogP contribution in [-0.2, 0) is 6.42 Å². The molecular weight excluding hydrogens is 268 g/mol. The molecular formula is C20H38N2. The van der Waals surface area contributed by atoms with Crippen LogP contribution in [0.4, 0.5) is 0 Å². The molecule has 2 nitrogen and oxygen atoms in total. The van der Waals surface area contributed by atoms with Crippen LogP contribution in [0.25, 0.3) is 0 Å². The third kappa shape index (κ3) is 7.42. The van der Waals surface area contributed by atoms with E-state index >= 15 is 0 Å². The van der Waals surface area contributed by atoms with Gasteiger partial charge in [-0.1, -0.05) is 52.0 Å². The van der Waals surface area contributed by atoms with Gasteiger partial charge in [-0.2, -0.15) is 0 Å². The predicted octanol–water partition coefficient (Wildman–Crippen LogP) is 4.56. The van der Waals surface area contributed by atoms with Crippen molar-refractivity contribution in [3.8, 4) is 0 Å². The van der Waals surface area contributed by atoms with Crippen molar-refractivity contribution in [1.29, 1.82) is 0 Å². The summed E-state index contributed by atoms with van der Waals surface area (Å²) in [5.41, 5.74) is 2.95. The summed E-state index contributed by atoms with van der Waals surface area (Å²) in [7, 11) is 2.25. The van der Waals surface area contributed by atoms with Crippen LogP contribution in [-0.4, -0.2) is 38.1 Å². The normalized spacial score (nSPS) is 13.0. The molecule has 0 spiro atoms. The minimum atomic E-state index is 0. The summed E-state index contributed by atoms with van der Waals surface area (Å²) in [5.74, 6) is 1.44. The van der Waals surface area contributed by atoms with Crippen molar-refractivity contribution in [3.63, 3.8) is 0 Å². The molecule has 0 radical (unpaired) electrons. The van der Waals surface area contributed by atoms with Gasteiger partial charge in [0, 0.05) is 7.97 Å². The first kappa shape index (κ1) is 19.2. The van der Waals surface area contributed by atoms with Gasteiger partial charge in [-0.25, -0.2) is 0 Å². The minimum absolute atomic E-state index is 0. The van der Waals surface area contributed by atoms with Crippen molar-refractivity contribution in [1.82, 2.24) is 10.2 Å². The molecule has 1 aromatic carbocycles. The van der Waals surface area contributed by atoms with Gasteiger partial charge in [0.05, 0.1) is 0 Å². The SMILES string of the molecule is CCNCCc1ccc(C(CC)CCN(C)CC(C)C)cc1.[HH]. The molecule has 1 atom stereocenters. The van der Waals surface area contributed by atoms with Gasteiger partial charge in [-0.15, -0.1) is 0 Å². The first-order chi connectivity index (χ1) is 10.6. The molecule has 128 valence electrons. The molecule has 0 saturated heterocycles. The number of hydrogen-bond donors (Lipinski definition) is 1. The number of nitrogens with zero attached hydrogens (tertiary/aromatic N) is 1. The second kappa shape index (κ2) is 10.8. The Hall–Kier alpha value is -0.860. The molecule has 0 amide bonds. The van der Waals surface area contributed by atoms with Crippen LogP contribution in [0, 0.1) is 5.92 Å². The van der Waals surface area contributed by atoms with Crippen LogP contribution < -0.4 is 5.32 Å². The van der Waals surface area contributed by atoms with E-state index in [4.69, 9.17) is 0 Å². The van der Waals surface area contributed by atoms with E-state index < -0.39 is 0 Å². The lowest BCUT2D eigenvalue weighted by Crippen LogP contribution is -2.25. The second-order valence-electron chi connectivity index (χ2n) is 6.90. The van der Waals surface area contributed by atoms with Crippen molar-refractivity contribution < 1.29 is 1.43 Å². The highest BCUT2D eigenvalue weighted by Gasteiger charge is 2.11. The molecule has 0 aromatic heterocycles. The van der Waals surface area contributed by atoms with E-state index in [-0.39, 0.29) is 1.43 Å². The minimum Gasteiger partial charge on any atom is -0.317 e. The molecule has 22 heavy (non-hydrogen) atoms. The highest BCUT2D eigenvalue weighted by Crippen LogP contribution is 2.24. The summed E-state index contributed by atoms with van der Waals surface area (Å²) < 4.78 is 0. The fraction of sp³-hybridized carbons (Fsp3) is 0.700. The molecule has 0 bridgehead atoms. The number of hydrogen-bond acceptors (Lipinski definition) is 2. The van der Waals surface area contributed by atoms with Gasteiger partial charge in [0.15, 0.2) is 0 Å². The van der Waals surface area contributed by atoms with Crippen LogP contribution in [0.2, 0.25) is 0 Å². The molecule has 1 rings (SSSR count). The van der Waals surface area contributed by atoms with Crippen LogP contribution in [0.5, 0.6) is 0 Å². The maximum absolute atomic E-state index is 3.39. The highest BCUT2D eigenvalue weighted by atomic mass is 15.1. The Balaban J connectivity index is 0.00000484. The summed E-state index contributed by atoms with van der Waals surface area (Å²) in [4.78, 5) is 2.47. The summed E-state index contributed by atoms with van der Waals surface area (Å²) in [5, 5.41) is 3.39. The summed E-state index contributed by atoms with van der Waals surface area (Å²) in [6, 6.07) is 9.32. The molecule has 0 aliphatic heterocycles. The van der Waals surface area contributed by atoms with E-state index in [9.17, 15) is 0 Å². The molecule has 0 saturated carbocycles. The van der Waals surface area contributed by atoms with E-state index in [1.54, 1.807) is 0 Å². The maximum atomic E-state index is 3.39. The Labute approximate surface area is 139 Å². The van der Waals surface area contributed by atoms with Crippen LogP contribution in [0.3, 0.4) is 0 Å². The van der Waals surface area contributed by atoms with E-state index in [2.05, 4.69) is 69.2 Å². The molecule has 0 heterocycles. The van der Waals surface area contributed by atoms with Gasteiger partial charge >= 0.3 is 0 Å². The average Bonchev–Trinajstić information content (AvgIpc) is 2.49. The summed E-state index contributed by atoms with van der Waals surface area (Å²) in [6.45, 7) is 13.6. The van der Waals surface area contributed by atoms with Crippen molar-refractivity contribution in [2.75, 3.05) is 33.2 Å². The Morgan fingerprint density at radius 2 is 1.82 bits per heavy atom. The Kier molecular flexibility index (Phi) is 9.42. The second-order valence-corrected chi connectivity index (χ2v) is 6.90. The van der Waals surface area contributed by atoms with E-state index in [1.807, 2.05) is 0 Å². The molecule has 0 aliphatic rings. The lowest BCUT2D eigenvalue weighted by atomic mass is 9.92. The predicted molar refractivity (Wildman–Crippen MR) is 101 cm³/mol. The van der Waals surface area contributed by atoms with Crippen molar-refractivity contribution in [3.05, 3.63) is 35.4 Å². The van der Waals surface area contributed by atoms with E-state index in [0.717, 1.165) is 25.4 Å². The van der Waals surface area contributed by atoms with Crippen molar-refractivity contribution in [2.24, 2.45) is 5.92 Å². The lowest BCUT2D eigenvalue weighted by Gasteiger charge is -2.22. The van der Waals surface area contributed by atoms with E-state index in [1.165, 1.54) is 37.1 Å². The molecule has 0 fully saturated rings. The zero-order chi connectivity index (χ0) is 16.4. The van der Waals surface area contributed by atoms with Crippen LogP contribution in [0.15, 0.2) is 24.3 Å². The zero-order valence-corrected chi connectivity index (χ0v) is 15.4. The quantitative estimate of drug-likeness (QED) is 0.603. The summed E-state index contributed by atoms with van der Waals surface area (Å²) in [6.07, 6.45) is 3.62. The van der Waals surface area contributed by atoms with Crippen molar-refractivity contribution in [2.45, 2.75) is 52.9 Å². The van der Waals surface area contributed by atoms with Gasteiger partial charge in [-0.3, -0.25) is 0 Å². The van der Waals surface area contributed by atoms with Crippen molar-refractivity contribution >= 4 is 0 Å². The zero-order valence-electron chi connectivity index (χ0n) is 15.4. The smallest absolute Gasteiger partial charge is 0.000134 e. The Bertz CT molecular complexity index is 389. The van der Waals surface area contributed by atoms with Gasteiger partial charge in [0.1, 0.15) is 0 Å². The maximum Gasteiger partial charge on any atom is 0.000134 e. The first-order valence-corrected chi connectivity index (χ1v) is 9.04. The fourth-order valence-corrected chi connectivity index (χ4v) is 3.06. The molecule has 1 N–H and O–H groups in total. The highest BCUT2D eigenvalue weighted by molar-refractivity contribution is 5.25. The van der Waals surface area contributed by atoms with Gasteiger partial charge in [-0.05, 0) is 68.9 Å². The largest absolute Gasteiger partial charge is 0.317 e. The molecule has 1 aromatic rings. The van der Waals surface area contributed by atoms with Crippen LogP contribution >= 0.6 is 0 Å². The molecule has 2 heteroatoms. The Morgan fingerprint density at radius 1 is 1.14 bits per heavy atom. The third-order valence-corrected chi connectivity index (χ3v) is 4.32. The van der Waals surface area contributed by atoms with Gasteiger partial charge < -0.3 is 10.2 Å². The lowest BCUT2D eigenvalue weighted by molar-refractivity contribution is 0.283. The Morgan fingerprint density at radius 3 is 2.36 bits per heavy atom. The fourth-order valence-electron chi connectivity index (χ4n) is 3.06. The topological polar surface area (TPSA) is 15.3 Å². The summed E-state index contributed by atoms with van der Waals surface area (Å²) >= 11 is 0. The van der Waals surface area contributed by atoms with Gasteiger partial charge in [0.2, 0.25) is 0 Å². The monoisotopic (exact) mass is 306 g/mol. The standard InChI is InChI=1S/C20H36N2.H2/c1-6-19(13-15-22(5)16-17(3)4)20-10-8-18(9-11-20)12-14-21-7-2;/h8-11,17,19,21H,6-7,12-16H2,1-5H3;1H. The van der Waals surface area contributed by atoms with Crippen LogP contribution in [0.1, 0.15) is 59.0 Å². The van der Waals surface area contributed by atoms with Gasteiger partial charge in [0.25, 0.3) is 0 Å². The average molecular weight is 307 g/mol. The molecule has 0 aliphatic carbocycles. The number of rotatable bonds is 11. The number of nitrogens with one attached hydrogen (secondary N) is 1.